The zero-order chi connectivity index (χ0) is 16.7. The quantitative estimate of drug-likeness (QED) is 0.834. The number of aryl methyl sites for hydroxylation is 1. The first-order valence-electron chi connectivity index (χ1n) is 8.42. The van der Waals surface area contributed by atoms with Crippen molar-refractivity contribution in [3.8, 4) is 0 Å². The summed E-state index contributed by atoms with van der Waals surface area (Å²) in [4.78, 5) is 0.363. The second-order valence-electron chi connectivity index (χ2n) is 6.88. The standard InChI is InChI=1S/C19H22NO2PS/c1-14-7-9-17(10-8-14)24(21,22)20-12-19-18-11-15(18)13-23(19)16-5-3-2-4-6-16/h2-10,15,18-20H,11-13H2,1H3. The van der Waals surface area contributed by atoms with E-state index in [4.69, 9.17) is 0 Å². The topological polar surface area (TPSA) is 46.2 Å². The molecule has 0 spiro atoms. The van der Waals surface area contributed by atoms with Crippen LogP contribution in [0, 0.1) is 18.8 Å². The van der Waals surface area contributed by atoms with Gasteiger partial charge in [-0.25, -0.2) is 13.1 Å². The third-order valence-electron chi connectivity index (χ3n) is 5.20. The van der Waals surface area contributed by atoms with Crippen LogP contribution in [0.15, 0.2) is 59.5 Å². The molecular weight excluding hydrogens is 337 g/mol. The molecule has 0 bridgehead atoms. The summed E-state index contributed by atoms with van der Waals surface area (Å²) in [5, 5.41) is 1.42. The number of hydrogen-bond donors (Lipinski definition) is 1. The highest BCUT2D eigenvalue weighted by Crippen LogP contribution is 2.65. The van der Waals surface area contributed by atoms with E-state index in [1.165, 1.54) is 17.9 Å². The molecule has 2 fully saturated rings. The van der Waals surface area contributed by atoms with Crippen LogP contribution in [0.1, 0.15) is 12.0 Å². The fraction of sp³-hybridized carbons (Fsp3) is 0.368. The lowest BCUT2D eigenvalue weighted by Gasteiger charge is -2.24. The zero-order valence-electron chi connectivity index (χ0n) is 13.7. The van der Waals surface area contributed by atoms with Crippen molar-refractivity contribution in [1.29, 1.82) is 0 Å². The van der Waals surface area contributed by atoms with Crippen LogP contribution in [0.3, 0.4) is 0 Å². The number of benzene rings is 2. The van der Waals surface area contributed by atoms with Gasteiger partial charge >= 0.3 is 0 Å². The Morgan fingerprint density at radius 1 is 1.08 bits per heavy atom. The molecular formula is C19H22NO2PS. The fourth-order valence-corrected chi connectivity index (χ4v) is 8.41. The van der Waals surface area contributed by atoms with E-state index in [0.717, 1.165) is 17.4 Å². The third-order valence-corrected chi connectivity index (χ3v) is 9.83. The molecule has 2 aromatic rings. The molecule has 1 saturated heterocycles. The minimum atomic E-state index is -3.41. The average molecular weight is 359 g/mol. The summed E-state index contributed by atoms with van der Waals surface area (Å²) in [7, 11) is -3.66. The van der Waals surface area contributed by atoms with Gasteiger partial charge in [-0.15, -0.1) is 0 Å². The molecule has 3 nitrogen and oxygen atoms in total. The van der Waals surface area contributed by atoms with Crippen molar-refractivity contribution in [3.63, 3.8) is 0 Å². The molecule has 1 saturated carbocycles. The van der Waals surface area contributed by atoms with E-state index in [0.29, 0.717) is 17.1 Å². The SMILES string of the molecule is Cc1ccc(S(=O)(=O)NCC2C3CC3CP2c2ccccc2)cc1. The van der Waals surface area contributed by atoms with Crippen LogP contribution in [0.4, 0.5) is 0 Å². The summed E-state index contributed by atoms with van der Waals surface area (Å²) in [6, 6.07) is 17.7. The summed E-state index contributed by atoms with van der Waals surface area (Å²) in [6.45, 7) is 2.53. The van der Waals surface area contributed by atoms with Gasteiger partial charge < -0.3 is 0 Å². The largest absolute Gasteiger partial charge is 0.240 e. The molecule has 4 unspecified atom stereocenters. The minimum Gasteiger partial charge on any atom is -0.210 e. The number of nitrogens with one attached hydrogen (secondary N) is 1. The summed E-state index contributed by atoms with van der Waals surface area (Å²) in [5.74, 6) is 1.54. The van der Waals surface area contributed by atoms with Crippen LogP contribution < -0.4 is 10.0 Å². The fourth-order valence-electron chi connectivity index (χ4n) is 3.75. The van der Waals surface area contributed by atoms with Gasteiger partial charge in [-0.3, -0.25) is 0 Å². The smallest absolute Gasteiger partial charge is 0.210 e. The lowest BCUT2D eigenvalue weighted by atomic mass is 10.2. The van der Waals surface area contributed by atoms with Crippen molar-refractivity contribution in [1.82, 2.24) is 4.72 Å². The highest BCUT2D eigenvalue weighted by molar-refractivity contribution is 7.89. The molecule has 1 N–H and O–H groups in total. The molecule has 4 rings (SSSR count). The Morgan fingerprint density at radius 3 is 2.50 bits per heavy atom. The number of sulfonamides is 1. The summed E-state index contributed by atoms with van der Waals surface area (Å²) in [6.07, 6.45) is 2.55. The van der Waals surface area contributed by atoms with Crippen molar-refractivity contribution < 1.29 is 8.42 Å². The van der Waals surface area contributed by atoms with Gasteiger partial charge in [-0.2, -0.15) is 0 Å². The Kier molecular flexibility index (Phi) is 4.24. The minimum absolute atomic E-state index is 0.247. The Balaban J connectivity index is 1.49. The first kappa shape index (κ1) is 16.3. The molecule has 4 atom stereocenters. The van der Waals surface area contributed by atoms with Crippen molar-refractivity contribution >= 4 is 23.2 Å². The van der Waals surface area contributed by atoms with E-state index in [1.54, 1.807) is 12.1 Å². The summed E-state index contributed by atoms with van der Waals surface area (Å²) >= 11 is 0. The van der Waals surface area contributed by atoms with Crippen molar-refractivity contribution in [2.24, 2.45) is 11.8 Å². The van der Waals surface area contributed by atoms with Crippen LogP contribution in [-0.2, 0) is 10.0 Å². The highest BCUT2D eigenvalue weighted by atomic mass is 32.2. The predicted molar refractivity (Wildman–Crippen MR) is 99.6 cm³/mol. The number of hydrogen-bond acceptors (Lipinski definition) is 2. The zero-order valence-corrected chi connectivity index (χ0v) is 15.4. The van der Waals surface area contributed by atoms with Gasteiger partial charge in [0.2, 0.25) is 10.0 Å². The molecule has 0 radical (unpaired) electrons. The highest BCUT2D eigenvalue weighted by Gasteiger charge is 2.53. The maximum absolute atomic E-state index is 12.6. The molecule has 2 aromatic carbocycles. The molecule has 1 aliphatic heterocycles. The van der Waals surface area contributed by atoms with Crippen molar-refractivity contribution in [2.45, 2.75) is 23.9 Å². The Bertz CT molecular complexity index is 820. The Hall–Kier alpha value is -1.22. The molecule has 1 heterocycles. The first-order chi connectivity index (χ1) is 11.5. The molecule has 2 aliphatic rings. The Labute approximate surface area is 145 Å². The lowest BCUT2D eigenvalue weighted by molar-refractivity contribution is 0.576. The average Bonchev–Trinajstić information content (AvgIpc) is 3.26. The molecule has 24 heavy (non-hydrogen) atoms. The van der Waals surface area contributed by atoms with Gasteiger partial charge in [0, 0.05) is 6.54 Å². The molecule has 1 aliphatic carbocycles. The van der Waals surface area contributed by atoms with Crippen LogP contribution in [-0.4, -0.2) is 26.8 Å². The van der Waals surface area contributed by atoms with E-state index < -0.39 is 10.0 Å². The lowest BCUT2D eigenvalue weighted by Crippen LogP contribution is -2.33. The predicted octanol–water partition coefficient (Wildman–Crippen LogP) is 3.10. The van der Waals surface area contributed by atoms with Gasteiger partial charge in [0.05, 0.1) is 4.90 Å². The van der Waals surface area contributed by atoms with Gasteiger partial charge in [0.15, 0.2) is 0 Å². The summed E-state index contributed by atoms with van der Waals surface area (Å²) < 4.78 is 28.0. The Morgan fingerprint density at radius 2 is 1.79 bits per heavy atom. The van der Waals surface area contributed by atoms with Crippen LogP contribution in [0.5, 0.6) is 0 Å². The van der Waals surface area contributed by atoms with E-state index >= 15 is 0 Å². The van der Waals surface area contributed by atoms with E-state index in [2.05, 4.69) is 29.0 Å². The molecule has 0 aromatic heterocycles. The molecule has 5 heteroatoms. The van der Waals surface area contributed by atoms with E-state index in [-0.39, 0.29) is 7.92 Å². The van der Waals surface area contributed by atoms with Crippen LogP contribution >= 0.6 is 7.92 Å². The monoisotopic (exact) mass is 359 g/mol. The van der Waals surface area contributed by atoms with E-state index in [9.17, 15) is 8.42 Å². The normalized spacial score (nSPS) is 28.5. The third kappa shape index (κ3) is 3.15. The first-order valence-corrected chi connectivity index (χ1v) is 11.5. The molecule has 126 valence electrons. The number of fused-ring (bicyclic) bond motifs is 1. The maximum atomic E-state index is 12.6. The molecule has 0 amide bonds. The maximum Gasteiger partial charge on any atom is 0.240 e. The van der Waals surface area contributed by atoms with Gasteiger partial charge in [-0.05, 0) is 54.4 Å². The van der Waals surface area contributed by atoms with Gasteiger partial charge in [0.25, 0.3) is 0 Å². The van der Waals surface area contributed by atoms with Crippen molar-refractivity contribution in [3.05, 3.63) is 60.2 Å². The number of rotatable bonds is 5. The summed E-state index contributed by atoms with van der Waals surface area (Å²) in [5.41, 5.74) is 1.55. The second kappa shape index (κ2) is 6.25. The van der Waals surface area contributed by atoms with Crippen molar-refractivity contribution in [2.75, 3.05) is 12.7 Å². The second-order valence-corrected chi connectivity index (χ2v) is 11.1. The van der Waals surface area contributed by atoms with Gasteiger partial charge in [0.1, 0.15) is 0 Å². The van der Waals surface area contributed by atoms with Crippen LogP contribution in [0.2, 0.25) is 0 Å². The van der Waals surface area contributed by atoms with E-state index in [1.807, 2.05) is 25.1 Å². The van der Waals surface area contributed by atoms with Crippen LogP contribution in [0.25, 0.3) is 0 Å². The van der Waals surface area contributed by atoms with Gasteiger partial charge in [-0.1, -0.05) is 55.9 Å².